The van der Waals surface area contributed by atoms with Crippen molar-refractivity contribution in [2.75, 3.05) is 20.3 Å². The van der Waals surface area contributed by atoms with E-state index in [9.17, 15) is 13.2 Å². The molecule has 0 aromatic carbocycles. The highest BCUT2D eigenvalue weighted by atomic mass is 35.5. The van der Waals surface area contributed by atoms with Crippen LogP contribution in [0.1, 0.15) is 11.3 Å². The molecule has 0 fully saturated rings. The van der Waals surface area contributed by atoms with Crippen LogP contribution >= 0.6 is 11.6 Å². The highest BCUT2D eigenvalue weighted by Crippen LogP contribution is 2.31. The molecular formula is C12H11ClF3N5O. The number of nitrogens with zero attached hydrogens (tertiary/aromatic N) is 5. The van der Waals surface area contributed by atoms with Gasteiger partial charge in [0.1, 0.15) is 18.3 Å². The average molecular weight is 334 g/mol. The van der Waals surface area contributed by atoms with Crippen molar-refractivity contribution >= 4 is 17.4 Å². The SMILES string of the molecule is COCCN=C(c1ncc(C(F)(F)F)cc1Cl)n1cncn1. The van der Waals surface area contributed by atoms with E-state index in [1.807, 2.05) is 0 Å². The molecule has 0 unspecified atom stereocenters. The van der Waals surface area contributed by atoms with Crippen molar-refractivity contribution in [3.8, 4) is 0 Å². The van der Waals surface area contributed by atoms with Gasteiger partial charge in [-0.05, 0) is 6.07 Å². The molecule has 2 rings (SSSR count). The Labute approximate surface area is 128 Å². The van der Waals surface area contributed by atoms with Gasteiger partial charge in [-0.2, -0.15) is 18.3 Å². The number of ether oxygens (including phenoxy) is 1. The molecule has 22 heavy (non-hydrogen) atoms. The van der Waals surface area contributed by atoms with Gasteiger partial charge in [0.2, 0.25) is 0 Å². The molecule has 0 aliphatic carbocycles. The van der Waals surface area contributed by atoms with Crippen molar-refractivity contribution in [3.63, 3.8) is 0 Å². The lowest BCUT2D eigenvalue weighted by molar-refractivity contribution is -0.137. The van der Waals surface area contributed by atoms with Gasteiger partial charge < -0.3 is 4.74 Å². The minimum Gasteiger partial charge on any atom is -0.383 e. The van der Waals surface area contributed by atoms with Gasteiger partial charge in [-0.15, -0.1) is 0 Å². The summed E-state index contributed by atoms with van der Waals surface area (Å²) in [6.07, 6.45) is -1.20. The summed E-state index contributed by atoms with van der Waals surface area (Å²) in [7, 11) is 1.51. The summed E-state index contributed by atoms with van der Waals surface area (Å²) in [5.74, 6) is 0.188. The molecule has 2 heterocycles. The Bertz CT molecular complexity index is 657. The minimum atomic E-state index is -4.52. The third kappa shape index (κ3) is 3.80. The van der Waals surface area contributed by atoms with Crippen molar-refractivity contribution in [2.45, 2.75) is 6.18 Å². The maximum absolute atomic E-state index is 12.6. The highest BCUT2D eigenvalue weighted by molar-refractivity contribution is 6.33. The highest BCUT2D eigenvalue weighted by Gasteiger charge is 2.32. The van der Waals surface area contributed by atoms with E-state index >= 15 is 0 Å². The number of hydrogen-bond donors (Lipinski definition) is 0. The minimum absolute atomic E-state index is 0.0799. The fourth-order valence-electron chi connectivity index (χ4n) is 1.57. The van der Waals surface area contributed by atoms with Gasteiger partial charge in [0.25, 0.3) is 0 Å². The lowest BCUT2D eigenvalue weighted by Gasteiger charge is -2.11. The summed E-state index contributed by atoms with van der Waals surface area (Å²) < 4.78 is 44.1. The van der Waals surface area contributed by atoms with E-state index in [0.29, 0.717) is 12.8 Å². The van der Waals surface area contributed by atoms with Gasteiger partial charge in [0.05, 0.1) is 23.7 Å². The third-order valence-corrected chi connectivity index (χ3v) is 2.86. The van der Waals surface area contributed by atoms with Crippen LogP contribution in [0.25, 0.3) is 0 Å². The second-order valence-corrected chi connectivity index (χ2v) is 4.50. The number of rotatable bonds is 4. The Kier molecular flexibility index (Phi) is 5.09. The molecule has 2 aromatic heterocycles. The standard InChI is InChI=1S/C12H11ClF3N5O/c1-22-3-2-18-11(21-7-17-6-20-21)10-9(13)4-8(5-19-10)12(14,15)16/h4-7H,2-3H2,1H3. The molecule has 0 saturated carbocycles. The van der Waals surface area contributed by atoms with Crippen molar-refractivity contribution in [3.05, 3.63) is 41.2 Å². The summed E-state index contributed by atoms with van der Waals surface area (Å²) in [6, 6.07) is 0.798. The molecule has 0 radical (unpaired) electrons. The Balaban J connectivity index is 2.42. The molecule has 6 nitrogen and oxygen atoms in total. The van der Waals surface area contributed by atoms with Gasteiger partial charge in [0.15, 0.2) is 5.84 Å². The number of alkyl halides is 3. The molecule has 118 valence electrons. The monoisotopic (exact) mass is 333 g/mol. The number of pyridine rings is 1. The Hall–Kier alpha value is -2.00. The third-order valence-electron chi connectivity index (χ3n) is 2.57. The fourth-order valence-corrected chi connectivity index (χ4v) is 1.82. The maximum Gasteiger partial charge on any atom is 0.417 e. The Morgan fingerprint density at radius 2 is 2.23 bits per heavy atom. The van der Waals surface area contributed by atoms with Crippen molar-refractivity contribution in [1.29, 1.82) is 0 Å². The first kappa shape index (κ1) is 16.4. The van der Waals surface area contributed by atoms with Crippen LogP contribution in [0.4, 0.5) is 13.2 Å². The van der Waals surface area contributed by atoms with Crippen LogP contribution in [0.15, 0.2) is 29.9 Å². The van der Waals surface area contributed by atoms with Gasteiger partial charge in [-0.1, -0.05) is 11.6 Å². The second-order valence-electron chi connectivity index (χ2n) is 4.09. The van der Waals surface area contributed by atoms with Crippen molar-refractivity contribution in [2.24, 2.45) is 4.99 Å². The lowest BCUT2D eigenvalue weighted by Crippen LogP contribution is -2.19. The Morgan fingerprint density at radius 3 is 2.77 bits per heavy atom. The van der Waals surface area contributed by atoms with E-state index in [4.69, 9.17) is 16.3 Å². The van der Waals surface area contributed by atoms with Crippen LogP contribution < -0.4 is 0 Å². The van der Waals surface area contributed by atoms with Crippen LogP contribution in [0.3, 0.4) is 0 Å². The summed E-state index contributed by atoms with van der Waals surface area (Å²) in [5, 5.41) is 3.72. The first-order valence-corrected chi connectivity index (χ1v) is 6.42. The molecule has 0 spiro atoms. The zero-order valence-corrected chi connectivity index (χ0v) is 12.1. The zero-order valence-electron chi connectivity index (χ0n) is 11.4. The molecular weight excluding hydrogens is 323 g/mol. The molecule has 0 bridgehead atoms. The number of hydrogen-bond acceptors (Lipinski definition) is 5. The summed E-state index contributed by atoms with van der Waals surface area (Å²) in [4.78, 5) is 11.7. The maximum atomic E-state index is 12.6. The van der Waals surface area contributed by atoms with E-state index in [1.54, 1.807) is 0 Å². The lowest BCUT2D eigenvalue weighted by atomic mass is 10.2. The van der Waals surface area contributed by atoms with Gasteiger partial charge in [-0.3, -0.25) is 9.98 Å². The van der Waals surface area contributed by atoms with E-state index in [0.717, 1.165) is 6.07 Å². The number of halogens is 4. The van der Waals surface area contributed by atoms with E-state index in [2.05, 4.69) is 20.1 Å². The van der Waals surface area contributed by atoms with Gasteiger partial charge in [-0.25, -0.2) is 9.67 Å². The van der Waals surface area contributed by atoms with Crippen LogP contribution in [-0.4, -0.2) is 45.8 Å². The van der Waals surface area contributed by atoms with Crippen LogP contribution in [0.5, 0.6) is 0 Å². The molecule has 0 aliphatic rings. The Morgan fingerprint density at radius 1 is 1.45 bits per heavy atom. The average Bonchev–Trinajstić information content (AvgIpc) is 2.97. The quantitative estimate of drug-likeness (QED) is 0.489. The summed E-state index contributed by atoms with van der Waals surface area (Å²) >= 11 is 5.92. The molecule has 0 aliphatic heterocycles. The molecule has 0 amide bonds. The number of aromatic nitrogens is 4. The smallest absolute Gasteiger partial charge is 0.383 e. The van der Waals surface area contributed by atoms with E-state index in [1.165, 1.54) is 24.4 Å². The predicted molar refractivity (Wildman–Crippen MR) is 72.9 cm³/mol. The van der Waals surface area contributed by atoms with Gasteiger partial charge in [0, 0.05) is 13.3 Å². The predicted octanol–water partition coefficient (Wildman–Crippen LogP) is 2.29. The second kappa shape index (κ2) is 6.84. The zero-order chi connectivity index (χ0) is 16.2. The fraction of sp³-hybridized carbons (Fsp3) is 0.333. The topological polar surface area (TPSA) is 65.2 Å². The van der Waals surface area contributed by atoms with Crippen molar-refractivity contribution < 1.29 is 17.9 Å². The first-order chi connectivity index (χ1) is 10.4. The van der Waals surface area contributed by atoms with E-state index in [-0.39, 0.29) is 23.1 Å². The molecule has 10 heteroatoms. The summed E-state index contributed by atoms with van der Waals surface area (Å²) in [5.41, 5.74) is -0.854. The molecule has 2 aromatic rings. The number of aliphatic imine (C=N–C) groups is 1. The normalized spacial score (nSPS) is 12.7. The van der Waals surface area contributed by atoms with Crippen LogP contribution in [0, 0.1) is 0 Å². The first-order valence-electron chi connectivity index (χ1n) is 6.05. The number of methoxy groups -OCH3 is 1. The van der Waals surface area contributed by atoms with E-state index < -0.39 is 11.7 Å². The van der Waals surface area contributed by atoms with Crippen LogP contribution in [-0.2, 0) is 10.9 Å². The van der Waals surface area contributed by atoms with Crippen LogP contribution in [0.2, 0.25) is 5.02 Å². The van der Waals surface area contributed by atoms with Crippen molar-refractivity contribution in [1.82, 2.24) is 19.7 Å². The molecule has 0 atom stereocenters. The molecule has 0 saturated heterocycles. The van der Waals surface area contributed by atoms with Gasteiger partial charge >= 0.3 is 6.18 Å². The summed E-state index contributed by atoms with van der Waals surface area (Å²) in [6.45, 7) is 0.598. The largest absolute Gasteiger partial charge is 0.417 e. The molecule has 0 N–H and O–H groups in total.